The number of aromatic nitrogens is 1. The van der Waals surface area contributed by atoms with Crippen molar-refractivity contribution in [2.45, 2.75) is 50.7 Å². The number of hydrogen-bond acceptors (Lipinski definition) is 7. The number of aryl methyl sites for hydroxylation is 1. The molecule has 15 heteroatoms. The molecule has 1 fully saturated rings. The molecule has 1 aromatic heterocycles. The van der Waals surface area contributed by atoms with Crippen LogP contribution in [0.25, 0.3) is 0 Å². The Labute approximate surface area is 229 Å². The zero-order valence-corrected chi connectivity index (χ0v) is 22.6. The minimum absolute atomic E-state index is 0.0896. The number of pyridine rings is 1. The molecule has 0 bridgehead atoms. The Hall–Kier alpha value is -2.81. The zero-order valence-electron chi connectivity index (χ0n) is 21.0. The molecule has 0 radical (unpaired) electrons. The summed E-state index contributed by atoms with van der Waals surface area (Å²) in [6.45, 7) is 0.189. The van der Waals surface area contributed by atoms with Gasteiger partial charge in [-0.15, -0.1) is 0 Å². The van der Waals surface area contributed by atoms with Crippen LogP contribution in [-0.2, 0) is 27.5 Å². The van der Waals surface area contributed by atoms with Gasteiger partial charge in [0.1, 0.15) is 23.1 Å². The van der Waals surface area contributed by atoms with Gasteiger partial charge in [0.15, 0.2) is 0 Å². The first-order valence-electron chi connectivity index (χ1n) is 12.1. The van der Waals surface area contributed by atoms with E-state index in [0.717, 1.165) is 12.8 Å². The molecule has 1 aliphatic rings. The Bertz CT molecular complexity index is 1240. The van der Waals surface area contributed by atoms with Gasteiger partial charge in [0.25, 0.3) is 0 Å². The maximum Gasteiger partial charge on any atom is 0.422 e. The van der Waals surface area contributed by atoms with Crippen LogP contribution in [0, 0.1) is 0 Å². The second-order valence-electron chi connectivity index (χ2n) is 8.78. The van der Waals surface area contributed by atoms with Crippen LogP contribution >= 0.6 is 11.6 Å². The van der Waals surface area contributed by atoms with Crippen LogP contribution in [-0.4, -0.2) is 61.8 Å². The van der Waals surface area contributed by atoms with Gasteiger partial charge in [-0.25, -0.2) is 9.78 Å². The Morgan fingerprint density at radius 3 is 2.56 bits per heavy atom. The van der Waals surface area contributed by atoms with Gasteiger partial charge >= 0.3 is 22.5 Å². The Morgan fingerprint density at radius 2 is 1.95 bits per heavy atom. The van der Waals surface area contributed by atoms with Crippen molar-refractivity contribution in [1.29, 1.82) is 0 Å². The fourth-order valence-corrected chi connectivity index (χ4v) is 5.54. The molecule has 0 atom stereocenters. The third-order valence-corrected chi connectivity index (χ3v) is 7.74. The van der Waals surface area contributed by atoms with Crippen molar-refractivity contribution in [3.8, 4) is 17.4 Å². The predicted octanol–water partition coefficient (Wildman–Crippen LogP) is 5.26. The highest BCUT2D eigenvalue weighted by Crippen LogP contribution is 2.36. The summed E-state index contributed by atoms with van der Waals surface area (Å²) in [6.07, 6.45) is -2.39. The summed E-state index contributed by atoms with van der Waals surface area (Å²) in [4.78, 5) is 15.4. The van der Waals surface area contributed by atoms with E-state index in [1.807, 2.05) is 0 Å². The van der Waals surface area contributed by atoms with Crippen molar-refractivity contribution in [3.05, 3.63) is 46.6 Å². The first kappa shape index (κ1) is 30.7. The minimum atomic E-state index is -4.64. The fraction of sp³-hybridized carbons (Fsp3) is 0.500. The van der Waals surface area contributed by atoms with Crippen molar-refractivity contribution < 1.29 is 45.7 Å². The molecule has 0 spiro atoms. The third kappa shape index (κ3) is 8.85. The number of carbonyl (C=O) groups is 1. The molecule has 0 saturated heterocycles. The summed E-state index contributed by atoms with van der Waals surface area (Å²) in [5.41, 5.74) is -0.545. The maximum absolute atomic E-state index is 13.0. The average molecular weight is 596 g/mol. The SMILES string of the molecule is COCCOc1ccc(CCCN(C(=O)O)S(=O)(=O)NC2CCCC2)c(Oc2ncc(C(F)(F)F)cc2Cl)c1. The summed E-state index contributed by atoms with van der Waals surface area (Å²) >= 11 is 6.00. The monoisotopic (exact) mass is 595 g/mol. The van der Waals surface area contributed by atoms with E-state index in [-0.39, 0.29) is 48.7 Å². The van der Waals surface area contributed by atoms with E-state index in [2.05, 4.69) is 9.71 Å². The molecule has 1 saturated carbocycles. The Balaban J connectivity index is 1.77. The van der Waals surface area contributed by atoms with Gasteiger partial charge < -0.3 is 19.3 Å². The largest absolute Gasteiger partial charge is 0.491 e. The summed E-state index contributed by atoms with van der Waals surface area (Å²) < 4.78 is 83.4. The number of hydrogen-bond donors (Lipinski definition) is 2. The van der Waals surface area contributed by atoms with E-state index in [9.17, 15) is 31.5 Å². The summed E-state index contributed by atoms with van der Waals surface area (Å²) in [5, 5.41) is 9.16. The molecule has 1 aliphatic carbocycles. The van der Waals surface area contributed by atoms with Crippen LogP contribution in [0.3, 0.4) is 0 Å². The number of halogens is 4. The molecular weight excluding hydrogens is 567 g/mol. The first-order chi connectivity index (χ1) is 18.4. The second kappa shape index (κ2) is 13.5. The van der Waals surface area contributed by atoms with Crippen molar-refractivity contribution in [1.82, 2.24) is 14.0 Å². The van der Waals surface area contributed by atoms with Gasteiger partial charge in [-0.05, 0) is 43.4 Å². The van der Waals surface area contributed by atoms with Gasteiger partial charge in [0, 0.05) is 32.0 Å². The second-order valence-corrected chi connectivity index (χ2v) is 10.8. The molecule has 2 N–H and O–H groups in total. The molecular formula is C24H29ClF3N3O7S. The lowest BCUT2D eigenvalue weighted by Crippen LogP contribution is -2.47. The fourth-order valence-electron chi connectivity index (χ4n) is 3.98. The number of amides is 1. The molecule has 216 valence electrons. The Morgan fingerprint density at radius 1 is 1.23 bits per heavy atom. The number of methoxy groups -OCH3 is 1. The van der Waals surface area contributed by atoms with Crippen LogP contribution in [0.1, 0.15) is 43.2 Å². The molecule has 10 nitrogen and oxygen atoms in total. The normalized spacial score (nSPS) is 14.4. The molecule has 39 heavy (non-hydrogen) atoms. The van der Waals surface area contributed by atoms with Gasteiger partial charge in [-0.1, -0.05) is 30.5 Å². The molecule has 1 aromatic carbocycles. The molecule has 3 rings (SSSR count). The number of ether oxygens (including phenoxy) is 3. The highest BCUT2D eigenvalue weighted by atomic mass is 35.5. The highest BCUT2D eigenvalue weighted by Gasteiger charge is 2.32. The van der Waals surface area contributed by atoms with Crippen molar-refractivity contribution in [3.63, 3.8) is 0 Å². The van der Waals surface area contributed by atoms with Crippen LogP contribution in [0.4, 0.5) is 18.0 Å². The van der Waals surface area contributed by atoms with Crippen molar-refractivity contribution in [2.24, 2.45) is 0 Å². The highest BCUT2D eigenvalue weighted by molar-refractivity contribution is 7.87. The van der Waals surface area contributed by atoms with E-state index in [1.165, 1.54) is 13.2 Å². The molecule has 2 aromatic rings. The van der Waals surface area contributed by atoms with Crippen LogP contribution in [0.5, 0.6) is 17.4 Å². The van der Waals surface area contributed by atoms with Gasteiger partial charge in [0.2, 0.25) is 5.88 Å². The van der Waals surface area contributed by atoms with E-state index < -0.39 is 28.0 Å². The zero-order chi connectivity index (χ0) is 28.6. The quantitative estimate of drug-likeness (QED) is 0.300. The first-order valence-corrected chi connectivity index (χ1v) is 13.9. The molecule has 1 heterocycles. The molecule has 0 aliphatic heterocycles. The Kier molecular flexibility index (Phi) is 10.6. The number of rotatable bonds is 13. The van der Waals surface area contributed by atoms with Crippen molar-refractivity contribution >= 4 is 27.9 Å². The minimum Gasteiger partial charge on any atom is -0.491 e. The standard InChI is InChI=1S/C24H29ClF3N3O7S/c1-36-11-12-37-19-9-8-16(21(14-19)38-22-20(25)13-17(15-29-22)24(26,27)28)5-4-10-31(23(32)33)39(34,35)30-18-6-2-3-7-18/h8-9,13-15,18,30H,2-7,10-12H2,1H3,(H,32,33). The third-order valence-electron chi connectivity index (χ3n) is 5.92. The average Bonchev–Trinajstić information content (AvgIpc) is 3.35. The van der Waals surface area contributed by atoms with E-state index >= 15 is 0 Å². The smallest absolute Gasteiger partial charge is 0.422 e. The van der Waals surface area contributed by atoms with Crippen LogP contribution < -0.4 is 14.2 Å². The predicted molar refractivity (Wildman–Crippen MR) is 135 cm³/mol. The lowest BCUT2D eigenvalue weighted by atomic mass is 10.1. The topological polar surface area (TPSA) is 127 Å². The number of alkyl halides is 3. The summed E-state index contributed by atoms with van der Waals surface area (Å²) in [7, 11) is -2.75. The van der Waals surface area contributed by atoms with Crippen LogP contribution in [0.2, 0.25) is 5.02 Å². The number of nitrogens with one attached hydrogen (secondary N) is 1. The molecule has 1 amide bonds. The lowest BCUT2D eigenvalue weighted by Gasteiger charge is -2.22. The lowest BCUT2D eigenvalue weighted by molar-refractivity contribution is -0.137. The van der Waals surface area contributed by atoms with E-state index in [4.69, 9.17) is 25.8 Å². The van der Waals surface area contributed by atoms with E-state index in [1.54, 1.807) is 12.1 Å². The van der Waals surface area contributed by atoms with Gasteiger partial charge in [-0.3, -0.25) is 0 Å². The number of benzene rings is 1. The summed E-state index contributed by atoms with van der Waals surface area (Å²) in [6, 6.07) is 5.10. The maximum atomic E-state index is 13.0. The van der Waals surface area contributed by atoms with Gasteiger partial charge in [0.05, 0.1) is 12.2 Å². The van der Waals surface area contributed by atoms with E-state index in [0.29, 0.717) is 47.3 Å². The van der Waals surface area contributed by atoms with Crippen LogP contribution in [0.15, 0.2) is 30.5 Å². The summed E-state index contributed by atoms with van der Waals surface area (Å²) in [5.74, 6) is 0.229. The molecule has 0 unspecified atom stereocenters. The number of carboxylic acid groups (broad SMARTS) is 1. The number of nitrogens with zero attached hydrogens (tertiary/aromatic N) is 2. The van der Waals surface area contributed by atoms with Gasteiger partial charge in [-0.2, -0.15) is 30.6 Å². The van der Waals surface area contributed by atoms with Crippen molar-refractivity contribution in [2.75, 3.05) is 26.9 Å².